The maximum Gasteiger partial charge on any atom is 0.469 e. The Bertz CT molecular complexity index is 696. The summed E-state index contributed by atoms with van der Waals surface area (Å²) in [5.74, 6) is 0.0484. The largest absolute Gasteiger partial charge is 0.469 e. The van der Waals surface area contributed by atoms with Crippen molar-refractivity contribution in [1.82, 2.24) is 9.55 Å². The smallest absolute Gasteiger partial charge is 0.383 e. The summed E-state index contributed by atoms with van der Waals surface area (Å²) < 4.78 is 21.7. The van der Waals surface area contributed by atoms with Crippen LogP contribution in [0.4, 0.5) is 5.82 Å². The van der Waals surface area contributed by atoms with E-state index in [1.54, 1.807) is 0 Å². The fourth-order valence-electron chi connectivity index (χ4n) is 2.04. The van der Waals surface area contributed by atoms with Gasteiger partial charge in [0.2, 0.25) is 0 Å². The molecule has 3 atom stereocenters. The normalized spacial score (nSPS) is 24.9. The van der Waals surface area contributed by atoms with Crippen molar-refractivity contribution in [2.45, 2.75) is 24.8 Å². The van der Waals surface area contributed by atoms with Gasteiger partial charge in [-0.3, -0.25) is 9.09 Å². The summed E-state index contributed by atoms with van der Waals surface area (Å²) in [5.41, 5.74) is 13.3. The Morgan fingerprint density at radius 2 is 2.41 bits per heavy atom. The van der Waals surface area contributed by atoms with Crippen molar-refractivity contribution < 1.29 is 23.6 Å². The molecule has 1 saturated heterocycles. The Kier molecular flexibility index (Phi) is 4.81. The van der Waals surface area contributed by atoms with E-state index in [4.69, 9.17) is 25.8 Å². The van der Waals surface area contributed by atoms with Crippen molar-refractivity contribution in [2.24, 2.45) is 5.11 Å². The number of hydrogen-bond donors (Lipinski definition) is 3. The number of nitrogens with two attached hydrogens (primary N) is 1. The van der Waals surface area contributed by atoms with Gasteiger partial charge >= 0.3 is 13.5 Å². The molecule has 0 spiro atoms. The number of nitrogens with zero attached hydrogens (tertiary/aromatic N) is 5. The second-order valence-electron chi connectivity index (χ2n) is 4.47. The molecule has 2 heterocycles. The lowest BCUT2D eigenvalue weighted by molar-refractivity contribution is -0.0266. The monoisotopic (exact) mass is 332 g/mol. The topological polar surface area (TPSA) is 186 Å². The summed E-state index contributed by atoms with van der Waals surface area (Å²) in [7, 11) is -4.68. The van der Waals surface area contributed by atoms with E-state index in [2.05, 4.69) is 19.5 Å². The van der Waals surface area contributed by atoms with Crippen LogP contribution in [-0.4, -0.2) is 38.1 Å². The number of ether oxygens (including phenoxy) is 1. The first-order valence-corrected chi connectivity index (χ1v) is 7.57. The van der Waals surface area contributed by atoms with Gasteiger partial charge in [0, 0.05) is 17.5 Å². The van der Waals surface area contributed by atoms with E-state index in [9.17, 15) is 9.36 Å². The van der Waals surface area contributed by atoms with Crippen LogP contribution in [0.1, 0.15) is 12.6 Å². The van der Waals surface area contributed by atoms with E-state index < -0.39 is 38.5 Å². The van der Waals surface area contributed by atoms with Crippen molar-refractivity contribution in [3.05, 3.63) is 33.2 Å². The lowest BCUT2D eigenvalue weighted by atomic mass is 10.1. The molecule has 0 bridgehead atoms. The highest BCUT2D eigenvalue weighted by molar-refractivity contribution is 7.46. The zero-order chi connectivity index (χ0) is 16.3. The van der Waals surface area contributed by atoms with E-state index >= 15 is 0 Å². The number of anilines is 1. The van der Waals surface area contributed by atoms with Crippen LogP contribution < -0.4 is 11.4 Å². The summed E-state index contributed by atoms with van der Waals surface area (Å²) in [4.78, 5) is 35.3. The number of nitrogen functional groups attached to an aromatic ring is 1. The number of azide groups is 1. The van der Waals surface area contributed by atoms with Crippen molar-refractivity contribution in [2.75, 3.05) is 12.3 Å². The molecule has 2 rings (SSSR count). The van der Waals surface area contributed by atoms with E-state index in [1.165, 1.54) is 12.3 Å². The minimum atomic E-state index is -4.68. The number of phosphoric ester groups is 1. The van der Waals surface area contributed by atoms with Crippen molar-refractivity contribution >= 4 is 13.6 Å². The Balaban J connectivity index is 2.17. The number of aromatic nitrogens is 2. The fraction of sp³-hybridized carbons (Fsp3) is 0.556. The number of phosphoric acid groups is 1. The molecule has 3 unspecified atom stereocenters. The van der Waals surface area contributed by atoms with Gasteiger partial charge in [0.25, 0.3) is 0 Å². The predicted molar refractivity (Wildman–Crippen MR) is 72.4 cm³/mol. The van der Waals surface area contributed by atoms with Crippen LogP contribution in [0.25, 0.3) is 10.4 Å². The molecule has 13 heteroatoms. The maximum absolute atomic E-state index is 11.7. The zero-order valence-corrected chi connectivity index (χ0v) is 12.0. The first-order valence-electron chi connectivity index (χ1n) is 6.04. The first-order chi connectivity index (χ1) is 10.3. The summed E-state index contributed by atoms with van der Waals surface area (Å²) in [6, 6.07) is 0.651. The molecule has 0 aromatic carbocycles. The van der Waals surface area contributed by atoms with Crippen molar-refractivity contribution in [3.8, 4) is 0 Å². The van der Waals surface area contributed by atoms with E-state index in [0.717, 1.165) is 4.57 Å². The van der Waals surface area contributed by atoms with E-state index in [-0.39, 0.29) is 12.2 Å². The molecular weight excluding hydrogens is 319 g/mol. The highest BCUT2D eigenvalue weighted by atomic mass is 31.2. The minimum Gasteiger partial charge on any atom is -0.383 e. The summed E-state index contributed by atoms with van der Waals surface area (Å²) in [6.45, 7) is -0.485. The summed E-state index contributed by atoms with van der Waals surface area (Å²) in [5, 5.41) is 3.49. The Morgan fingerprint density at radius 3 is 3.00 bits per heavy atom. The molecule has 120 valence electrons. The Morgan fingerprint density at radius 1 is 1.68 bits per heavy atom. The zero-order valence-electron chi connectivity index (χ0n) is 11.1. The molecule has 1 aromatic heterocycles. The summed E-state index contributed by atoms with van der Waals surface area (Å²) >= 11 is 0. The van der Waals surface area contributed by atoms with Gasteiger partial charge in [0.15, 0.2) is 0 Å². The van der Waals surface area contributed by atoms with Crippen LogP contribution in [0.3, 0.4) is 0 Å². The molecule has 22 heavy (non-hydrogen) atoms. The van der Waals surface area contributed by atoms with E-state index in [0.29, 0.717) is 0 Å². The lowest BCUT2D eigenvalue weighted by Gasteiger charge is -2.16. The average molecular weight is 332 g/mol. The molecule has 1 aromatic rings. The molecule has 1 aliphatic rings. The molecule has 0 radical (unpaired) electrons. The van der Waals surface area contributed by atoms with Gasteiger partial charge in [-0.2, -0.15) is 4.98 Å². The van der Waals surface area contributed by atoms with Gasteiger partial charge in [-0.05, 0) is 11.6 Å². The van der Waals surface area contributed by atoms with Crippen LogP contribution in [0, 0.1) is 0 Å². The third-order valence-corrected chi connectivity index (χ3v) is 3.46. The number of hydrogen-bond acceptors (Lipinski definition) is 7. The Labute approximate surface area is 123 Å². The van der Waals surface area contributed by atoms with Gasteiger partial charge < -0.3 is 20.3 Å². The van der Waals surface area contributed by atoms with Crippen LogP contribution in [0.5, 0.6) is 0 Å². The molecule has 1 fully saturated rings. The van der Waals surface area contributed by atoms with Crippen molar-refractivity contribution in [3.63, 3.8) is 0 Å². The molecule has 1 aliphatic heterocycles. The SMILES string of the molecule is [N-]=[N+]=NC1CC(n2ccc(N)nc2=O)OC1COP(=O)(O)O. The van der Waals surface area contributed by atoms with Crippen LogP contribution in [0.2, 0.25) is 0 Å². The van der Waals surface area contributed by atoms with Gasteiger partial charge in [-0.1, -0.05) is 5.11 Å². The molecule has 0 amide bonds. The molecule has 4 N–H and O–H groups in total. The lowest BCUT2D eigenvalue weighted by Crippen LogP contribution is -2.28. The van der Waals surface area contributed by atoms with Crippen LogP contribution >= 0.6 is 7.82 Å². The second kappa shape index (κ2) is 6.44. The molecule has 12 nitrogen and oxygen atoms in total. The standard InChI is InChI=1S/C9H13N6O6P/c10-7-1-2-15(9(16)12-7)8-3-5(13-14-11)6(21-8)4-20-22(17,18)19/h1-2,5-6,8H,3-4H2,(H2,10,12,16)(H2,17,18,19). The third kappa shape index (κ3) is 4.04. The highest BCUT2D eigenvalue weighted by Gasteiger charge is 2.37. The summed E-state index contributed by atoms with van der Waals surface area (Å²) in [6.07, 6.45) is -0.209. The van der Waals surface area contributed by atoms with Crippen molar-refractivity contribution in [1.29, 1.82) is 0 Å². The predicted octanol–water partition coefficient (Wildman–Crippen LogP) is -0.0988. The van der Waals surface area contributed by atoms with Crippen LogP contribution in [0.15, 0.2) is 22.2 Å². The molecule has 0 aliphatic carbocycles. The first kappa shape index (κ1) is 16.4. The number of rotatable bonds is 5. The van der Waals surface area contributed by atoms with Crippen LogP contribution in [-0.2, 0) is 13.8 Å². The van der Waals surface area contributed by atoms with E-state index in [1.807, 2.05) is 0 Å². The molecular formula is C9H13N6O6P. The maximum atomic E-state index is 11.7. The van der Waals surface area contributed by atoms with Gasteiger partial charge in [-0.25, -0.2) is 9.36 Å². The second-order valence-corrected chi connectivity index (χ2v) is 5.71. The van der Waals surface area contributed by atoms with Gasteiger partial charge in [0.1, 0.15) is 12.0 Å². The molecule has 0 saturated carbocycles. The van der Waals surface area contributed by atoms with Gasteiger partial charge in [-0.15, -0.1) is 0 Å². The fourth-order valence-corrected chi connectivity index (χ4v) is 2.38. The third-order valence-electron chi connectivity index (χ3n) is 2.97. The average Bonchev–Trinajstić information content (AvgIpc) is 2.79. The van der Waals surface area contributed by atoms with Gasteiger partial charge in [0.05, 0.1) is 18.8 Å². The Hall–Kier alpha value is -1.94. The minimum absolute atomic E-state index is 0.0484. The quantitative estimate of drug-likeness (QED) is 0.288. The highest BCUT2D eigenvalue weighted by Crippen LogP contribution is 2.38.